The van der Waals surface area contributed by atoms with Crippen molar-refractivity contribution >= 4 is 12.0 Å². The number of fused-ring (bicyclic) bond motifs is 1. The summed E-state index contributed by atoms with van der Waals surface area (Å²) in [6.07, 6.45) is 0.385. The Morgan fingerprint density at radius 3 is 2.60 bits per heavy atom. The van der Waals surface area contributed by atoms with Gasteiger partial charge in [0.25, 0.3) is 0 Å². The molecule has 7 nitrogen and oxygen atoms in total. The van der Waals surface area contributed by atoms with Gasteiger partial charge in [0.05, 0.1) is 0 Å². The Morgan fingerprint density at radius 2 is 1.80 bits per heavy atom. The maximum absolute atomic E-state index is 12.2. The Balaban J connectivity index is 1.32. The van der Waals surface area contributed by atoms with Gasteiger partial charge in [0.2, 0.25) is 12.7 Å². The molecule has 0 radical (unpaired) electrons. The summed E-state index contributed by atoms with van der Waals surface area (Å²) in [7, 11) is 0. The second kappa shape index (κ2) is 10.0. The standard InChI is InChI=1S/C23H28N2O5/c1-23(2,18-10-11-19-20(13-18)30-16-29-19)15-25-21(26)9-6-12-24-22(27)28-14-17-7-4-3-5-8-17/h3-5,7-8,10-11,13H,6,9,12,14-16H2,1-2H3,(H,24,27)(H,25,26). The van der Waals surface area contributed by atoms with Crippen LogP contribution in [0.5, 0.6) is 11.5 Å². The number of ether oxygens (including phenoxy) is 3. The van der Waals surface area contributed by atoms with E-state index in [1.165, 1.54) is 0 Å². The van der Waals surface area contributed by atoms with Gasteiger partial charge in [-0.05, 0) is 29.7 Å². The molecule has 1 aliphatic heterocycles. The van der Waals surface area contributed by atoms with Crippen LogP contribution in [0.25, 0.3) is 0 Å². The van der Waals surface area contributed by atoms with E-state index in [2.05, 4.69) is 24.5 Å². The Morgan fingerprint density at radius 1 is 1.03 bits per heavy atom. The van der Waals surface area contributed by atoms with E-state index in [0.29, 0.717) is 25.9 Å². The highest BCUT2D eigenvalue weighted by Crippen LogP contribution is 2.36. The molecule has 0 spiro atoms. The van der Waals surface area contributed by atoms with Gasteiger partial charge in [-0.1, -0.05) is 50.2 Å². The van der Waals surface area contributed by atoms with Gasteiger partial charge in [0.1, 0.15) is 6.61 Å². The molecule has 3 rings (SSSR count). The third kappa shape index (κ3) is 6.14. The van der Waals surface area contributed by atoms with Crippen molar-refractivity contribution in [3.8, 4) is 11.5 Å². The molecule has 0 fully saturated rings. The fraction of sp³-hybridized carbons (Fsp3) is 0.391. The maximum Gasteiger partial charge on any atom is 0.407 e. The van der Waals surface area contributed by atoms with Crippen molar-refractivity contribution in [1.82, 2.24) is 10.6 Å². The fourth-order valence-electron chi connectivity index (χ4n) is 3.04. The molecule has 2 aromatic rings. The summed E-state index contributed by atoms with van der Waals surface area (Å²) in [5.74, 6) is 1.42. The molecule has 0 aromatic heterocycles. The lowest BCUT2D eigenvalue weighted by atomic mass is 9.84. The molecule has 1 heterocycles. The topological polar surface area (TPSA) is 85.9 Å². The first kappa shape index (κ1) is 21.5. The Kier molecular flexibility index (Phi) is 7.17. The normalized spacial score (nSPS) is 12.3. The van der Waals surface area contributed by atoms with E-state index < -0.39 is 6.09 Å². The number of carbonyl (C=O) groups excluding carboxylic acids is 2. The first-order valence-corrected chi connectivity index (χ1v) is 10.1. The molecule has 2 amide bonds. The van der Waals surface area contributed by atoms with E-state index in [0.717, 1.165) is 22.6 Å². The average molecular weight is 412 g/mol. The lowest BCUT2D eigenvalue weighted by molar-refractivity contribution is -0.121. The van der Waals surface area contributed by atoms with Crippen LogP contribution in [0.15, 0.2) is 48.5 Å². The smallest absolute Gasteiger partial charge is 0.407 e. The second-order valence-electron chi connectivity index (χ2n) is 7.82. The van der Waals surface area contributed by atoms with Crippen LogP contribution in [0.2, 0.25) is 0 Å². The molecule has 0 saturated heterocycles. The number of carbonyl (C=O) groups is 2. The third-order valence-corrected chi connectivity index (χ3v) is 4.94. The number of rotatable bonds is 9. The number of benzene rings is 2. The van der Waals surface area contributed by atoms with Gasteiger partial charge in [-0.2, -0.15) is 0 Å². The van der Waals surface area contributed by atoms with Gasteiger partial charge >= 0.3 is 6.09 Å². The number of hydrogen-bond acceptors (Lipinski definition) is 5. The Hall–Kier alpha value is -3.22. The molecule has 0 saturated carbocycles. The zero-order chi connectivity index (χ0) is 21.4. The first-order valence-electron chi connectivity index (χ1n) is 10.1. The number of amides is 2. The van der Waals surface area contributed by atoms with Crippen LogP contribution in [-0.2, 0) is 21.6 Å². The lowest BCUT2D eigenvalue weighted by Crippen LogP contribution is -2.37. The summed E-state index contributed by atoms with van der Waals surface area (Å²) in [6, 6.07) is 15.3. The summed E-state index contributed by atoms with van der Waals surface area (Å²) in [5.41, 5.74) is 1.74. The van der Waals surface area contributed by atoms with Crippen molar-refractivity contribution in [3.05, 3.63) is 59.7 Å². The molecule has 1 aliphatic rings. The van der Waals surface area contributed by atoms with Gasteiger partial charge in [0, 0.05) is 24.9 Å². The minimum absolute atomic E-state index is 0.0525. The lowest BCUT2D eigenvalue weighted by Gasteiger charge is -2.26. The number of nitrogens with one attached hydrogen (secondary N) is 2. The van der Waals surface area contributed by atoms with E-state index in [4.69, 9.17) is 14.2 Å². The van der Waals surface area contributed by atoms with E-state index in [9.17, 15) is 9.59 Å². The molecular formula is C23H28N2O5. The monoisotopic (exact) mass is 412 g/mol. The van der Waals surface area contributed by atoms with Crippen molar-refractivity contribution in [2.24, 2.45) is 0 Å². The summed E-state index contributed by atoms with van der Waals surface area (Å²) in [5, 5.41) is 5.63. The SMILES string of the molecule is CC(C)(CNC(=O)CCCNC(=O)OCc1ccccc1)c1ccc2c(c1)OCO2. The van der Waals surface area contributed by atoms with Crippen molar-refractivity contribution in [3.63, 3.8) is 0 Å². The van der Waals surface area contributed by atoms with Crippen molar-refractivity contribution in [2.45, 2.75) is 38.7 Å². The summed E-state index contributed by atoms with van der Waals surface area (Å²) < 4.78 is 15.9. The molecule has 2 N–H and O–H groups in total. The molecule has 7 heteroatoms. The van der Waals surface area contributed by atoms with E-state index >= 15 is 0 Å². The minimum Gasteiger partial charge on any atom is -0.454 e. The number of hydrogen-bond donors (Lipinski definition) is 2. The van der Waals surface area contributed by atoms with Gasteiger partial charge in [-0.3, -0.25) is 4.79 Å². The van der Waals surface area contributed by atoms with E-state index in [-0.39, 0.29) is 24.7 Å². The molecule has 2 aromatic carbocycles. The number of alkyl carbamates (subject to hydrolysis) is 1. The van der Waals surface area contributed by atoms with Crippen LogP contribution in [-0.4, -0.2) is 31.9 Å². The largest absolute Gasteiger partial charge is 0.454 e. The summed E-state index contributed by atoms with van der Waals surface area (Å²) in [6.45, 7) is 5.47. The van der Waals surface area contributed by atoms with Crippen LogP contribution < -0.4 is 20.1 Å². The predicted molar refractivity (Wildman–Crippen MR) is 112 cm³/mol. The Labute approximate surface area is 176 Å². The van der Waals surface area contributed by atoms with Crippen LogP contribution in [0.3, 0.4) is 0 Å². The molecule has 160 valence electrons. The van der Waals surface area contributed by atoms with Crippen LogP contribution >= 0.6 is 0 Å². The molecule has 0 bridgehead atoms. The summed E-state index contributed by atoms with van der Waals surface area (Å²) >= 11 is 0. The first-order chi connectivity index (χ1) is 14.4. The zero-order valence-corrected chi connectivity index (χ0v) is 17.4. The summed E-state index contributed by atoms with van der Waals surface area (Å²) in [4.78, 5) is 23.9. The van der Waals surface area contributed by atoms with Gasteiger partial charge in [-0.15, -0.1) is 0 Å². The fourth-order valence-corrected chi connectivity index (χ4v) is 3.04. The van der Waals surface area contributed by atoms with Crippen molar-refractivity contribution < 1.29 is 23.8 Å². The second-order valence-corrected chi connectivity index (χ2v) is 7.82. The van der Waals surface area contributed by atoms with Crippen molar-refractivity contribution in [2.75, 3.05) is 19.9 Å². The minimum atomic E-state index is -0.483. The van der Waals surface area contributed by atoms with Crippen LogP contribution in [0, 0.1) is 0 Å². The van der Waals surface area contributed by atoms with Gasteiger partial charge in [0.15, 0.2) is 11.5 Å². The highest BCUT2D eigenvalue weighted by molar-refractivity contribution is 5.76. The quantitative estimate of drug-likeness (QED) is 0.616. The molecular weight excluding hydrogens is 384 g/mol. The highest BCUT2D eigenvalue weighted by Gasteiger charge is 2.24. The third-order valence-electron chi connectivity index (χ3n) is 4.94. The predicted octanol–water partition coefficient (Wildman–Crippen LogP) is 3.52. The molecule has 0 unspecified atom stereocenters. The Bertz CT molecular complexity index is 867. The maximum atomic E-state index is 12.2. The molecule has 0 atom stereocenters. The van der Waals surface area contributed by atoms with Gasteiger partial charge < -0.3 is 24.8 Å². The van der Waals surface area contributed by atoms with Gasteiger partial charge in [-0.25, -0.2) is 4.79 Å². The van der Waals surface area contributed by atoms with E-state index in [1.807, 2.05) is 48.5 Å². The van der Waals surface area contributed by atoms with Crippen LogP contribution in [0.1, 0.15) is 37.8 Å². The van der Waals surface area contributed by atoms with Crippen LogP contribution in [0.4, 0.5) is 4.79 Å². The molecule has 30 heavy (non-hydrogen) atoms. The highest BCUT2D eigenvalue weighted by atomic mass is 16.7. The molecule has 0 aliphatic carbocycles. The van der Waals surface area contributed by atoms with E-state index in [1.54, 1.807) is 0 Å². The zero-order valence-electron chi connectivity index (χ0n) is 17.4. The average Bonchev–Trinajstić information content (AvgIpc) is 3.22. The van der Waals surface area contributed by atoms with Crippen molar-refractivity contribution in [1.29, 1.82) is 0 Å².